The first-order valence-corrected chi connectivity index (χ1v) is 9.37. The summed E-state index contributed by atoms with van der Waals surface area (Å²) in [4.78, 5) is 5.00. The van der Waals surface area contributed by atoms with Crippen LogP contribution in [-0.2, 0) is 0 Å². The summed E-state index contributed by atoms with van der Waals surface area (Å²) in [5.41, 5.74) is 4.01. The highest BCUT2D eigenvalue weighted by Crippen LogP contribution is 2.42. The number of pyridine rings is 1. The smallest absolute Gasteiger partial charge is 0.101 e. The number of rotatable bonds is 5. The van der Waals surface area contributed by atoms with Crippen LogP contribution < -0.4 is 0 Å². The molecule has 0 aliphatic heterocycles. The predicted molar refractivity (Wildman–Crippen MR) is 110 cm³/mol. The van der Waals surface area contributed by atoms with Crippen molar-refractivity contribution < 1.29 is 0 Å². The maximum Gasteiger partial charge on any atom is 0.101 e. The van der Waals surface area contributed by atoms with Crippen LogP contribution >= 0.6 is 11.8 Å². The molecule has 1 aromatic heterocycles. The molecule has 132 valence electrons. The zero-order valence-electron chi connectivity index (χ0n) is 15.5. The van der Waals surface area contributed by atoms with Crippen LogP contribution in [0, 0.1) is 22.7 Å². The van der Waals surface area contributed by atoms with Gasteiger partial charge in [0, 0.05) is 28.8 Å². The molecule has 3 nitrogen and oxygen atoms in total. The van der Waals surface area contributed by atoms with Crippen molar-refractivity contribution >= 4 is 23.5 Å². The van der Waals surface area contributed by atoms with Crippen LogP contribution in [0.25, 0.3) is 5.57 Å². The van der Waals surface area contributed by atoms with Gasteiger partial charge < -0.3 is 5.41 Å². The molecule has 0 amide bonds. The molecular formula is C21H27N3S. The number of hydrogen-bond donors (Lipinski definition) is 1. The summed E-state index contributed by atoms with van der Waals surface area (Å²) in [7, 11) is 0. The summed E-state index contributed by atoms with van der Waals surface area (Å²) in [5, 5.41) is 17.4. The first kappa shape index (κ1) is 20.9. The second-order valence-corrected chi connectivity index (χ2v) is 7.43. The van der Waals surface area contributed by atoms with E-state index in [2.05, 4.69) is 38.4 Å². The Morgan fingerprint density at radius 3 is 2.56 bits per heavy atom. The van der Waals surface area contributed by atoms with E-state index in [0.29, 0.717) is 11.5 Å². The van der Waals surface area contributed by atoms with Crippen LogP contribution in [0.15, 0.2) is 53.2 Å². The Morgan fingerprint density at radius 2 is 2.08 bits per heavy atom. The van der Waals surface area contributed by atoms with Crippen molar-refractivity contribution in [2.24, 2.45) is 5.92 Å². The molecule has 4 heteroatoms. The lowest BCUT2D eigenvalue weighted by Crippen LogP contribution is -2.11. The molecule has 0 bridgehead atoms. The van der Waals surface area contributed by atoms with Crippen molar-refractivity contribution in [1.82, 2.24) is 4.98 Å². The van der Waals surface area contributed by atoms with Crippen LogP contribution in [0.3, 0.4) is 0 Å². The molecule has 1 aliphatic rings. The van der Waals surface area contributed by atoms with Gasteiger partial charge in [-0.15, -0.1) is 18.3 Å². The van der Waals surface area contributed by atoms with Crippen molar-refractivity contribution in [1.29, 1.82) is 10.7 Å². The summed E-state index contributed by atoms with van der Waals surface area (Å²) < 4.78 is 0. The lowest BCUT2D eigenvalue weighted by molar-refractivity contribution is 0.637. The molecule has 0 spiro atoms. The molecule has 0 radical (unpaired) electrons. The Morgan fingerprint density at radius 1 is 1.48 bits per heavy atom. The fraction of sp³-hybridized carbons (Fsp3) is 0.381. The minimum atomic E-state index is 0.271. The summed E-state index contributed by atoms with van der Waals surface area (Å²) in [6.45, 7) is 11.8. The van der Waals surface area contributed by atoms with Crippen molar-refractivity contribution in [2.45, 2.75) is 45.8 Å². The topological polar surface area (TPSA) is 60.5 Å². The normalized spacial score (nSPS) is 20.1. The Kier molecular flexibility index (Phi) is 8.94. The zero-order valence-corrected chi connectivity index (χ0v) is 16.4. The lowest BCUT2D eigenvalue weighted by atomic mass is 10.1. The second kappa shape index (κ2) is 10.7. The highest BCUT2D eigenvalue weighted by atomic mass is 32.2. The van der Waals surface area contributed by atoms with Gasteiger partial charge in [0.1, 0.15) is 6.07 Å². The van der Waals surface area contributed by atoms with Crippen LogP contribution in [-0.4, -0.2) is 16.4 Å². The highest BCUT2D eigenvalue weighted by molar-refractivity contribution is 8.04. The van der Waals surface area contributed by atoms with Crippen molar-refractivity contribution in [3.8, 4) is 6.07 Å². The standard InChI is InChI=1S/C17H19N3S.C4H8/c1-11-8-12(2)17(15(11)9-18)21-13(3)16(10-19)14-4-6-20-7-5-14;1-3-4-2/h4-7,9,12,17-18H,8H2,1-3H3;3H,1,4H2,2H3/b16-13+,18-9?;. The van der Waals surface area contributed by atoms with Crippen LogP contribution in [0.4, 0.5) is 0 Å². The molecule has 0 aromatic carbocycles. The van der Waals surface area contributed by atoms with Gasteiger partial charge in [-0.3, -0.25) is 4.98 Å². The van der Waals surface area contributed by atoms with Gasteiger partial charge in [0.15, 0.2) is 0 Å². The Balaban J connectivity index is 0.000000705. The van der Waals surface area contributed by atoms with E-state index in [-0.39, 0.29) is 5.25 Å². The van der Waals surface area contributed by atoms with Gasteiger partial charge >= 0.3 is 0 Å². The molecule has 1 aromatic rings. The number of nitriles is 1. The largest absolute Gasteiger partial charge is 0.308 e. The monoisotopic (exact) mass is 353 g/mol. The van der Waals surface area contributed by atoms with Gasteiger partial charge in [-0.1, -0.05) is 25.5 Å². The average Bonchev–Trinajstić information content (AvgIpc) is 2.89. The number of allylic oxidation sites excluding steroid dienone is 4. The number of hydrogen-bond acceptors (Lipinski definition) is 4. The summed E-state index contributed by atoms with van der Waals surface area (Å²) in [6, 6.07) is 6.03. The first-order chi connectivity index (χ1) is 12.0. The molecule has 1 N–H and O–H groups in total. The first-order valence-electron chi connectivity index (χ1n) is 8.49. The van der Waals surface area contributed by atoms with E-state index in [4.69, 9.17) is 5.41 Å². The fourth-order valence-corrected chi connectivity index (χ4v) is 4.14. The number of nitrogens with one attached hydrogen (secondary N) is 1. The Labute approximate surface area is 156 Å². The minimum Gasteiger partial charge on any atom is -0.308 e. The summed E-state index contributed by atoms with van der Waals surface area (Å²) in [6.07, 6.45) is 8.88. The molecule has 0 saturated heterocycles. The van der Waals surface area contributed by atoms with Crippen molar-refractivity contribution in [2.75, 3.05) is 0 Å². The fourth-order valence-electron chi connectivity index (χ4n) is 2.76. The zero-order chi connectivity index (χ0) is 18.8. The van der Waals surface area contributed by atoms with Gasteiger partial charge in [0.2, 0.25) is 0 Å². The predicted octanol–water partition coefficient (Wildman–Crippen LogP) is 6.03. The minimum absolute atomic E-state index is 0.271. The van der Waals surface area contributed by atoms with E-state index in [9.17, 15) is 5.26 Å². The van der Waals surface area contributed by atoms with E-state index >= 15 is 0 Å². The molecule has 2 atom stereocenters. The van der Waals surface area contributed by atoms with Crippen LogP contribution in [0.1, 0.15) is 46.1 Å². The van der Waals surface area contributed by atoms with E-state index in [1.165, 1.54) is 11.8 Å². The van der Waals surface area contributed by atoms with Gasteiger partial charge in [0.25, 0.3) is 0 Å². The number of aromatic nitrogens is 1. The molecule has 1 aliphatic carbocycles. The third kappa shape index (κ3) is 5.72. The molecular weight excluding hydrogens is 326 g/mol. The maximum atomic E-state index is 9.47. The maximum absolute atomic E-state index is 9.47. The van der Waals surface area contributed by atoms with Crippen LogP contribution in [0.2, 0.25) is 0 Å². The SMILES string of the molecule is C=CCC.CC1=C(C=N)C(S/C(C)=C(\C#N)c2ccncc2)C(C)C1. The Bertz CT molecular complexity index is 696. The molecule has 2 rings (SSSR count). The molecule has 0 saturated carbocycles. The quantitative estimate of drug-likeness (QED) is 0.399. The third-order valence-electron chi connectivity index (χ3n) is 4.13. The molecule has 1 heterocycles. The summed E-state index contributed by atoms with van der Waals surface area (Å²) in [5.74, 6) is 0.499. The summed E-state index contributed by atoms with van der Waals surface area (Å²) >= 11 is 1.71. The molecule has 2 unspecified atom stereocenters. The van der Waals surface area contributed by atoms with Crippen molar-refractivity contribution in [3.63, 3.8) is 0 Å². The molecule has 25 heavy (non-hydrogen) atoms. The number of nitrogens with zero attached hydrogens (tertiary/aromatic N) is 2. The van der Waals surface area contributed by atoms with E-state index in [1.807, 2.05) is 25.1 Å². The Hall–Kier alpha value is -2.12. The van der Waals surface area contributed by atoms with Gasteiger partial charge in [-0.2, -0.15) is 5.26 Å². The van der Waals surface area contributed by atoms with Crippen molar-refractivity contribution in [3.05, 3.63) is 58.8 Å². The van der Waals surface area contributed by atoms with E-state index in [0.717, 1.165) is 28.9 Å². The second-order valence-electron chi connectivity index (χ2n) is 6.08. The van der Waals surface area contributed by atoms with E-state index < -0.39 is 0 Å². The van der Waals surface area contributed by atoms with Gasteiger partial charge in [-0.05, 0) is 55.9 Å². The molecule has 0 fully saturated rings. The van der Waals surface area contributed by atoms with Crippen LogP contribution in [0.5, 0.6) is 0 Å². The average molecular weight is 354 g/mol. The highest BCUT2D eigenvalue weighted by Gasteiger charge is 2.30. The van der Waals surface area contributed by atoms with E-state index in [1.54, 1.807) is 24.2 Å². The lowest BCUT2D eigenvalue weighted by Gasteiger charge is -2.18. The number of thioether (sulfide) groups is 1. The third-order valence-corrected chi connectivity index (χ3v) is 5.66. The van der Waals surface area contributed by atoms with Gasteiger partial charge in [0.05, 0.1) is 5.57 Å². The van der Waals surface area contributed by atoms with Gasteiger partial charge in [-0.25, -0.2) is 0 Å².